The van der Waals surface area contributed by atoms with Gasteiger partial charge in [0.05, 0.1) is 23.5 Å². The van der Waals surface area contributed by atoms with Crippen LogP contribution in [0.3, 0.4) is 0 Å². The van der Waals surface area contributed by atoms with E-state index in [1.54, 1.807) is 26.8 Å². The summed E-state index contributed by atoms with van der Waals surface area (Å²) in [6, 6.07) is 10.4. The van der Waals surface area contributed by atoms with Crippen molar-refractivity contribution in [2.24, 2.45) is 0 Å². The molecule has 12 rings (SSSR count). The summed E-state index contributed by atoms with van der Waals surface area (Å²) >= 11 is 0. The van der Waals surface area contributed by atoms with Crippen molar-refractivity contribution in [3.63, 3.8) is 0 Å². The number of anilines is 1. The highest BCUT2D eigenvalue weighted by Gasteiger charge is 2.93. The third kappa shape index (κ3) is 3.05. The van der Waals surface area contributed by atoms with Gasteiger partial charge in [0.2, 0.25) is 9.74 Å². The molecule has 272 valence electrons. The molecule has 4 amide bonds. The second-order valence-corrected chi connectivity index (χ2v) is 20.2. The molecule has 9 aliphatic heterocycles. The Morgan fingerprint density at radius 2 is 1.52 bits per heavy atom. The summed E-state index contributed by atoms with van der Waals surface area (Å²) in [6.45, 7) is 4.84. The number of hydrogen-bond acceptors (Lipinski definition) is 13. The average Bonchev–Trinajstić information content (AvgIpc) is 3.77. The molecule has 2 aromatic rings. The standard InChI is InChI=1S/C34H32FN5O8S4/c1-6-47-28(46)48-22-32(18-14-16(35)11-12-19(18)36-23(32)40-25(43)30(3)38(5)27(45)34(22,40)52-50-30)31-17-10-8-7-9-15(17)13-20(31)39-24(42)29(2)37(4)26(44)33(39,21(31)41)51-49-29/h7-12,14,20-23,36,41H,6,13H2,1-5H3/t20-,21-,22-,23+,29-,30-,31-,32+,33-,34-/m0/s1. The summed E-state index contributed by atoms with van der Waals surface area (Å²) in [5.41, 5.74) is -1.77. The van der Waals surface area contributed by atoms with E-state index < -0.39 is 90.3 Å². The third-order valence-corrected chi connectivity index (χ3v) is 20.3. The van der Waals surface area contributed by atoms with Crippen molar-refractivity contribution in [3.05, 3.63) is 65.0 Å². The number of halogens is 1. The van der Waals surface area contributed by atoms with Gasteiger partial charge in [0.25, 0.3) is 23.6 Å². The van der Waals surface area contributed by atoms with Crippen LogP contribution in [0.1, 0.15) is 37.5 Å². The highest BCUT2D eigenvalue weighted by molar-refractivity contribution is 8.78. The monoisotopic (exact) mass is 785 g/mol. The molecule has 10 aliphatic rings. The van der Waals surface area contributed by atoms with Crippen LogP contribution in [0.5, 0.6) is 0 Å². The fraction of sp³-hybridized carbons (Fsp3) is 0.500. The van der Waals surface area contributed by atoms with Crippen molar-refractivity contribution < 1.29 is 42.9 Å². The summed E-state index contributed by atoms with van der Waals surface area (Å²) in [5, 5.41) is 17.0. The molecule has 0 aromatic heterocycles. The fourth-order valence-electron chi connectivity index (χ4n) is 10.6. The van der Waals surface area contributed by atoms with Crippen LogP contribution in [0.25, 0.3) is 0 Å². The van der Waals surface area contributed by atoms with E-state index in [0.29, 0.717) is 11.3 Å². The van der Waals surface area contributed by atoms with Crippen LogP contribution in [0.2, 0.25) is 0 Å². The van der Waals surface area contributed by atoms with Crippen molar-refractivity contribution >= 4 is 78.6 Å². The zero-order valence-electron chi connectivity index (χ0n) is 28.4. The van der Waals surface area contributed by atoms with Gasteiger partial charge in [-0.1, -0.05) is 45.9 Å². The van der Waals surface area contributed by atoms with E-state index >= 15 is 14.0 Å². The number of carbonyl (C=O) groups excluding carboxylic acids is 5. The fourth-order valence-corrected chi connectivity index (χ4v) is 17.8. The number of aliphatic hydroxyl groups excluding tert-OH is 1. The second kappa shape index (κ2) is 9.85. The van der Waals surface area contributed by atoms with Gasteiger partial charge in [0.1, 0.15) is 18.1 Å². The van der Waals surface area contributed by atoms with Crippen LogP contribution in [0.4, 0.5) is 14.9 Å². The van der Waals surface area contributed by atoms with E-state index in [1.165, 1.54) is 62.7 Å². The second-order valence-electron chi connectivity index (χ2n) is 14.7. The highest BCUT2D eigenvalue weighted by Crippen LogP contribution is 2.79. The first-order chi connectivity index (χ1) is 24.7. The molecule has 0 saturated carbocycles. The van der Waals surface area contributed by atoms with Gasteiger partial charge in [0.15, 0.2) is 15.8 Å². The number of aliphatic hydroxyl groups is 1. The van der Waals surface area contributed by atoms with Gasteiger partial charge in [-0.2, -0.15) is 0 Å². The Morgan fingerprint density at radius 1 is 0.885 bits per heavy atom. The average molecular weight is 786 g/mol. The lowest BCUT2D eigenvalue weighted by Gasteiger charge is -2.58. The number of benzene rings is 2. The van der Waals surface area contributed by atoms with Crippen LogP contribution in [0, 0.1) is 5.82 Å². The first kappa shape index (κ1) is 33.3. The molecule has 9 heterocycles. The lowest BCUT2D eigenvalue weighted by atomic mass is 9.51. The predicted octanol–water partition coefficient (Wildman–Crippen LogP) is 2.82. The molecule has 10 atom stereocenters. The van der Waals surface area contributed by atoms with E-state index in [1.807, 2.05) is 18.2 Å². The summed E-state index contributed by atoms with van der Waals surface area (Å²) in [7, 11) is 7.58. The minimum absolute atomic E-state index is 0.0766. The number of likely N-dealkylation sites (N-methyl/N-ethyl adjacent to an activating group) is 2. The van der Waals surface area contributed by atoms with E-state index in [4.69, 9.17) is 9.47 Å². The SMILES string of the molecule is CCOC(=O)O[C@H]1[C@]2([C@@]34c5ccccc5C[C@@H]3N3C(=O)[C@]5(C)SS[C@]3(C(=O)N5C)[C@H]4O)c3cc(F)ccc3N[C@@H]2N2C(=O)[C@]3(C)SS[C@]12C(=O)N3C. The lowest BCUT2D eigenvalue weighted by molar-refractivity contribution is -0.167. The zero-order valence-corrected chi connectivity index (χ0v) is 31.6. The van der Waals surface area contributed by atoms with E-state index in [9.17, 15) is 19.5 Å². The van der Waals surface area contributed by atoms with E-state index in [2.05, 4.69) is 5.32 Å². The molecule has 0 unspecified atom stereocenters. The molecule has 18 heteroatoms. The first-order valence-corrected chi connectivity index (χ1v) is 21.1. The molecule has 2 N–H and O–H groups in total. The highest BCUT2D eigenvalue weighted by atomic mass is 33.1. The molecule has 0 radical (unpaired) electrons. The maximum absolute atomic E-state index is 15.9. The molecule has 2 spiro atoms. The molecular formula is C34H32FN5O8S4. The number of rotatable bonds is 3. The van der Waals surface area contributed by atoms with Crippen LogP contribution in [-0.4, -0.2) is 119 Å². The Balaban J connectivity index is 1.38. The van der Waals surface area contributed by atoms with Gasteiger partial charge in [-0.05, 0) is 83.7 Å². The van der Waals surface area contributed by atoms with Gasteiger partial charge in [-0.15, -0.1) is 0 Å². The predicted molar refractivity (Wildman–Crippen MR) is 191 cm³/mol. The minimum Gasteiger partial charge on any atom is -0.435 e. The van der Waals surface area contributed by atoms with E-state index in [-0.39, 0.29) is 18.6 Å². The maximum atomic E-state index is 15.9. The molecule has 8 fully saturated rings. The van der Waals surface area contributed by atoms with Gasteiger partial charge in [-0.3, -0.25) is 24.1 Å². The molecule has 2 aromatic carbocycles. The Hall–Kier alpha value is -3.32. The van der Waals surface area contributed by atoms with Crippen LogP contribution in [0.15, 0.2) is 42.5 Å². The number of hydrogen-bond donors (Lipinski definition) is 2. The zero-order chi connectivity index (χ0) is 36.7. The smallest absolute Gasteiger partial charge is 0.435 e. The van der Waals surface area contributed by atoms with Crippen molar-refractivity contribution in [2.75, 3.05) is 26.0 Å². The molecule has 8 saturated heterocycles. The summed E-state index contributed by atoms with van der Waals surface area (Å²) < 4.78 is 27.7. The maximum Gasteiger partial charge on any atom is 0.508 e. The summed E-state index contributed by atoms with van der Waals surface area (Å²) in [4.78, 5) is 72.7. The first-order valence-electron chi connectivity index (χ1n) is 16.8. The Labute approximate surface area is 312 Å². The van der Waals surface area contributed by atoms with Crippen molar-refractivity contribution in [3.8, 4) is 0 Å². The number of carbonyl (C=O) groups is 5. The van der Waals surface area contributed by atoms with Gasteiger partial charge in [0, 0.05) is 19.8 Å². The summed E-state index contributed by atoms with van der Waals surface area (Å²) in [6.07, 6.45) is -5.57. The number of piperazine rings is 2. The number of ether oxygens (including phenoxy) is 2. The molecule has 1 aliphatic carbocycles. The molecular weight excluding hydrogens is 754 g/mol. The van der Waals surface area contributed by atoms with Gasteiger partial charge in [-0.25, -0.2) is 9.18 Å². The van der Waals surface area contributed by atoms with E-state index in [0.717, 1.165) is 37.9 Å². The van der Waals surface area contributed by atoms with Crippen molar-refractivity contribution in [2.45, 2.75) is 81.9 Å². The van der Waals surface area contributed by atoms with Crippen LogP contribution >= 0.6 is 43.2 Å². The number of fused-ring (bicyclic) bond motifs is 11. The Bertz CT molecular complexity index is 2110. The minimum atomic E-state index is -1.95. The third-order valence-electron chi connectivity index (χ3n) is 13.0. The van der Waals surface area contributed by atoms with Gasteiger partial charge >= 0.3 is 6.16 Å². The number of nitrogens with one attached hydrogen (secondary N) is 1. The normalized spacial score (nSPS) is 42.9. The topological polar surface area (TPSA) is 149 Å². The molecule has 4 bridgehead atoms. The number of amides is 4. The van der Waals surface area contributed by atoms with Crippen LogP contribution < -0.4 is 5.32 Å². The molecule has 52 heavy (non-hydrogen) atoms. The largest absolute Gasteiger partial charge is 0.508 e. The number of nitrogens with zero attached hydrogens (tertiary/aromatic N) is 4. The Kier molecular flexibility index (Phi) is 6.30. The Morgan fingerprint density at radius 3 is 2.21 bits per heavy atom. The quantitative estimate of drug-likeness (QED) is 0.348. The van der Waals surface area contributed by atoms with Crippen molar-refractivity contribution in [1.82, 2.24) is 19.6 Å². The van der Waals surface area contributed by atoms with Gasteiger partial charge < -0.3 is 34.6 Å². The lowest BCUT2D eigenvalue weighted by Crippen LogP contribution is -2.77. The van der Waals surface area contributed by atoms with Crippen LogP contribution in [-0.2, 0) is 45.9 Å². The summed E-state index contributed by atoms with van der Waals surface area (Å²) in [5.74, 6) is -2.53. The van der Waals surface area contributed by atoms with Crippen molar-refractivity contribution in [1.29, 1.82) is 0 Å². The molecule has 13 nitrogen and oxygen atoms in total.